The van der Waals surface area contributed by atoms with Gasteiger partial charge in [0.1, 0.15) is 85.1 Å². The summed E-state index contributed by atoms with van der Waals surface area (Å²) in [7, 11) is 4.03. The van der Waals surface area contributed by atoms with Crippen molar-refractivity contribution in [1.29, 1.82) is 0 Å². The lowest BCUT2D eigenvalue weighted by atomic mass is 9.97. The van der Waals surface area contributed by atoms with E-state index in [2.05, 4.69) is 33.1 Å². The van der Waals surface area contributed by atoms with Crippen LogP contribution in [0, 0.1) is 46.5 Å². The van der Waals surface area contributed by atoms with Crippen molar-refractivity contribution < 1.29 is 107 Å². The predicted octanol–water partition coefficient (Wildman–Crippen LogP) is 21.0. The number of hydrogen-bond donors (Lipinski definition) is 5. The highest BCUT2D eigenvalue weighted by molar-refractivity contribution is 6.37. The molecule has 8 heterocycles. The average Bonchev–Trinajstić information content (AvgIpc) is 0.748. The molecule has 149 heavy (non-hydrogen) atoms. The number of halogens is 12. The number of anilines is 4. The number of amides is 7. The SMILES string of the molecule is C=CC(=O)N1[C@H](C)CN(c2c(C(N)=O)cnc3c(F)c(-c4c(F)cccc4OC)c(Cl)cc23)C[C@@H]1C.C=CC(=O)N1[C@H](C)CN(c2c(C(N)=O)cnc3c(F)c(-c4c(O)cccc4F)c(Cl)cc23)C[C@@H]1C.COc1cccc(F)c1-c1c(Cl)cc2c(N3C[C@@H](C)N(C(=O)OC(C)(C)C)[C@@H](C)C3)c(C(=O)O)cnc2c1F.COc1cccc(F)c1-c1c(Cl)cc2c(N3C[C@@H](C)N(C(=O)OC(C)(C)C)[C@@H](C)C3)c(C(N)=O)cnc2c1F. The van der Waals surface area contributed by atoms with Crippen LogP contribution in [0.2, 0.25) is 20.1 Å². The summed E-state index contributed by atoms with van der Waals surface area (Å²) < 4.78 is 150. The fraction of sp³-hybridized carbons (Fsp3) is 0.327. The molecule has 30 nitrogen and oxygen atoms in total. The van der Waals surface area contributed by atoms with Gasteiger partial charge in [0.25, 0.3) is 17.7 Å². The molecule has 0 bridgehead atoms. The van der Waals surface area contributed by atoms with Gasteiger partial charge in [0.15, 0.2) is 23.3 Å². The highest BCUT2D eigenvalue weighted by atomic mass is 35.5. The number of aromatic nitrogens is 4. The first-order valence-corrected chi connectivity index (χ1v) is 48.4. The number of benzene rings is 8. The Morgan fingerprint density at radius 3 is 0.805 bits per heavy atom. The van der Waals surface area contributed by atoms with E-state index >= 15 is 17.6 Å². The summed E-state index contributed by atoms with van der Waals surface area (Å²) >= 11 is 26.1. The molecule has 12 aromatic rings. The van der Waals surface area contributed by atoms with E-state index in [0.717, 1.165) is 18.3 Å². The lowest BCUT2D eigenvalue weighted by Crippen LogP contribution is -2.59. The van der Waals surface area contributed by atoms with Crippen LogP contribution in [0.25, 0.3) is 88.1 Å². The molecule has 7 amide bonds. The van der Waals surface area contributed by atoms with Gasteiger partial charge in [-0.05, 0) is 182 Å². The Labute approximate surface area is 872 Å². The highest BCUT2D eigenvalue weighted by Gasteiger charge is 2.44. The Kier molecular flexibility index (Phi) is 33.5. The molecule has 0 aliphatic carbocycles. The van der Waals surface area contributed by atoms with Crippen LogP contribution in [0.5, 0.6) is 23.0 Å². The van der Waals surface area contributed by atoms with Gasteiger partial charge >= 0.3 is 18.2 Å². The number of carboxylic acid groups (broad SMARTS) is 1. The molecule has 16 rings (SSSR count). The van der Waals surface area contributed by atoms with Crippen LogP contribution < -0.4 is 51.0 Å². The molecule has 786 valence electrons. The molecule has 0 radical (unpaired) electrons. The molecule has 4 saturated heterocycles. The van der Waals surface area contributed by atoms with E-state index in [1.165, 1.54) is 137 Å². The molecule has 0 saturated carbocycles. The van der Waals surface area contributed by atoms with Crippen molar-refractivity contribution in [3.8, 4) is 67.5 Å². The second-order valence-corrected chi connectivity index (χ2v) is 40.1. The number of phenolic OH excluding ortho intramolecular Hbond substituents is 1. The fourth-order valence-electron chi connectivity index (χ4n) is 19.9. The lowest BCUT2D eigenvalue weighted by Gasteiger charge is -2.45. The number of aromatic hydroxyl groups is 1. The Hall–Kier alpha value is -14.8. The van der Waals surface area contributed by atoms with Crippen molar-refractivity contribution in [2.24, 2.45) is 17.2 Å². The summed E-state index contributed by atoms with van der Waals surface area (Å²) in [6, 6.07) is 19.2. The Balaban J connectivity index is 0.000000166. The minimum absolute atomic E-state index is 0.0531. The maximum Gasteiger partial charge on any atom is 0.410 e. The van der Waals surface area contributed by atoms with Crippen molar-refractivity contribution in [3.63, 3.8) is 0 Å². The van der Waals surface area contributed by atoms with Gasteiger partial charge in [-0.2, -0.15) is 0 Å². The van der Waals surface area contributed by atoms with Crippen molar-refractivity contribution in [2.45, 2.75) is 156 Å². The molecule has 4 aliphatic rings. The normalized spacial score (nSPS) is 17.9. The van der Waals surface area contributed by atoms with Gasteiger partial charge in [0.05, 0.1) is 127 Å². The van der Waals surface area contributed by atoms with Gasteiger partial charge in [-0.15, -0.1) is 0 Å². The maximum atomic E-state index is 16.1. The standard InChI is InChI=1S/C28H31ClF2N4O4.C28H30ClF2N3O5.C26H25ClF2N4O3.C25H23ClF2N4O3/c1-14-12-34(13-15(2)35(14)27(37)39-28(3,4)5)25-16-10-18(29)21(22-19(30)8-7-9-20(22)38-6)23(31)24(16)33-11-17(25)26(32)36;1-14-12-33(13-15(2)34(14)27(37)39-28(3,4)5)25-16-10-18(29)21(22-19(30)8-7-9-20(22)38-6)23(31)24(16)32-11-17(25)26(35)36;1-5-20(34)33-13(2)11-32(12-14(33)3)25-15-9-17(27)21(22-18(28)7-6-8-19(22)36-4)23(29)24(15)31-10-16(25)26(30)35;1-4-19(34)32-12(2)10-31(11-13(32)3)24-14-8-16(26)20(21-17(27)6-5-7-18(21)33)22(28)23(14)30-9-15(24)25(29)35/h7-11,14-15H,12-13H2,1-6H3,(H2,32,36);7-11,14-15H,12-13H2,1-6H3,(H,35,36);5-10,13-14H,1,11-12H2,2-4H3,(H2,30,35);4-9,12-13,33H,1,10-11H2,2-3H3,(H2,29,35)/t2*14-,15+;13-,14+;12-,13+. The van der Waals surface area contributed by atoms with Crippen LogP contribution in [0.15, 0.2) is 147 Å². The number of nitrogens with two attached hydrogens (primary N) is 3. The van der Waals surface area contributed by atoms with Crippen LogP contribution in [0.1, 0.15) is 138 Å². The number of hydrogen-bond acceptors (Lipinski definition) is 22. The number of rotatable bonds is 17. The summed E-state index contributed by atoms with van der Waals surface area (Å²) in [5, 5.41) is 20.5. The summed E-state index contributed by atoms with van der Waals surface area (Å²) in [6.45, 7) is 35.0. The van der Waals surface area contributed by atoms with Crippen molar-refractivity contribution in [1.82, 2.24) is 39.5 Å². The third-order valence-corrected chi connectivity index (χ3v) is 26.9. The van der Waals surface area contributed by atoms with Crippen LogP contribution in [-0.4, -0.2) is 231 Å². The zero-order valence-corrected chi connectivity index (χ0v) is 87.3. The number of methoxy groups -OCH3 is 3. The zero-order chi connectivity index (χ0) is 110. The number of carbonyl (C=O) groups is 8. The number of primary amides is 3. The van der Waals surface area contributed by atoms with E-state index in [0.29, 0.717) is 56.3 Å². The van der Waals surface area contributed by atoms with E-state index in [1.807, 2.05) is 70.1 Å². The van der Waals surface area contributed by atoms with Crippen molar-refractivity contribution in [3.05, 3.63) is 236 Å². The van der Waals surface area contributed by atoms with E-state index < -0.39 is 105 Å². The smallest absolute Gasteiger partial charge is 0.410 e. The lowest BCUT2D eigenvalue weighted by molar-refractivity contribution is -0.131. The van der Waals surface area contributed by atoms with E-state index in [9.17, 15) is 66.1 Å². The van der Waals surface area contributed by atoms with Crippen LogP contribution >= 0.6 is 46.4 Å². The molecular weight excluding hydrogens is 2030 g/mol. The van der Waals surface area contributed by atoms with E-state index in [1.54, 1.807) is 66.0 Å². The van der Waals surface area contributed by atoms with Gasteiger partial charge < -0.3 is 80.5 Å². The van der Waals surface area contributed by atoms with Gasteiger partial charge in [-0.3, -0.25) is 53.7 Å². The first kappa shape index (κ1) is 111. The second kappa shape index (κ2) is 44.7. The number of fused-ring (bicyclic) bond motifs is 4. The van der Waals surface area contributed by atoms with E-state index in [-0.39, 0.29) is 221 Å². The Bertz CT molecular complexity index is 7130. The van der Waals surface area contributed by atoms with Crippen molar-refractivity contribution in [2.75, 3.05) is 93.3 Å². The molecular formula is C107H109Cl4F8N15O15. The number of nitrogens with zero attached hydrogens (tertiary/aromatic N) is 12. The summed E-state index contributed by atoms with van der Waals surface area (Å²) in [5.74, 6) is -10.8. The molecule has 0 unspecified atom stereocenters. The second-order valence-electron chi connectivity index (χ2n) is 38.4. The fourth-order valence-corrected chi connectivity index (χ4v) is 21.1. The number of aromatic carboxylic acids is 1. The van der Waals surface area contributed by atoms with Gasteiger partial charge in [-0.1, -0.05) is 83.8 Å². The van der Waals surface area contributed by atoms with Gasteiger partial charge in [0.2, 0.25) is 11.8 Å². The van der Waals surface area contributed by atoms with Gasteiger partial charge in [-0.25, -0.2) is 49.5 Å². The predicted molar refractivity (Wildman–Crippen MR) is 557 cm³/mol. The van der Waals surface area contributed by atoms with Crippen LogP contribution in [0.4, 0.5) is 67.5 Å². The number of carboxylic acids is 1. The molecule has 4 aromatic heterocycles. The molecule has 0 spiro atoms. The maximum absolute atomic E-state index is 16.1. The first-order valence-electron chi connectivity index (χ1n) is 46.9. The molecule has 4 fully saturated rings. The van der Waals surface area contributed by atoms with Crippen LogP contribution in [-0.2, 0) is 19.1 Å². The minimum Gasteiger partial charge on any atom is -0.507 e. The third kappa shape index (κ3) is 22.2. The molecule has 4 aliphatic heterocycles. The first-order chi connectivity index (χ1) is 70.1. The molecule has 8 N–H and O–H groups in total. The summed E-state index contributed by atoms with van der Waals surface area (Å²) in [6.07, 6.45) is 6.23. The van der Waals surface area contributed by atoms with Crippen LogP contribution in [0.3, 0.4) is 0 Å². The average molecular weight is 2140 g/mol. The quantitative estimate of drug-likeness (QED) is 0.0417. The number of phenols is 1. The van der Waals surface area contributed by atoms with Gasteiger partial charge in [0, 0.05) is 145 Å². The summed E-state index contributed by atoms with van der Waals surface area (Å²) in [5.41, 5.74) is 14.5. The monoisotopic (exact) mass is 2140 g/mol. The largest absolute Gasteiger partial charge is 0.507 e. The molecule has 8 aromatic carbocycles. The summed E-state index contributed by atoms with van der Waals surface area (Å²) in [4.78, 5) is 130. The topological polar surface area (TPSA) is 379 Å². The number of ether oxygens (including phenoxy) is 5. The highest BCUT2D eigenvalue weighted by Crippen LogP contribution is 2.51. The number of pyridine rings is 4. The molecule has 42 heteroatoms. The number of carbonyl (C=O) groups excluding carboxylic acids is 7. The molecule has 8 atom stereocenters. The van der Waals surface area contributed by atoms with Crippen molar-refractivity contribution >= 4 is 160 Å². The zero-order valence-electron chi connectivity index (χ0n) is 84.2. The Morgan fingerprint density at radius 1 is 0.362 bits per heavy atom. The minimum atomic E-state index is -1.26. The number of piperazine rings is 4. The third-order valence-electron chi connectivity index (χ3n) is 25.7. The Morgan fingerprint density at radius 2 is 0.584 bits per heavy atom. The van der Waals surface area contributed by atoms with E-state index in [4.69, 9.17) is 87.3 Å².